The number of carboxylic acids is 1. The summed E-state index contributed by atoms with van der Waals surface area (Å²) in [5.41, 5.74) is 0.248. The zero-order chi connectivity index (χ0) is 12.0. The van der Waals surface area contributed by atoms with Crippen molar-refractivity contribution in [3.63, 3.8) is 0 Å². The molecule has 3 unspecified atom stereocenters. The molecular formula is C12H16N2O3. The van der Waals surface area contributed by atoms with E-state index in [4.69, 9.17) is 4.74 Å². The molecule has 3 atom stereocenters. The Morgan fingerprint density at radius 2 is 2.53 bits per heavy atom. The SMILES string of the molecule is Cn1cc(CC2(C(=O)O)CC3CCC2O3)cn1. The van der Waals surface area contributed by atoms with Crippen molar-refractivity contribution in [2.75, 3.05) is 0 Å². The Labute approximate surface area is 99.4 Å². The lowest BCUT2D eigenvalue weighted by Gasteiger charge is -2.30. The molecule has 2 fully saturated rings. The molecule has 0 aromatic carbocycles. The van der Waals surface area contributed by atoms with E-state index in [-0.39, 0.29) is 12.2 Å². The fourth-order valence-electron chi connectivity index (χ4n) is 3.21. The maximum absolute atomic E-state index is 11.6. The van der Waals surface area contributed by atoms with E-state index in [2.05, 4.69) is 5.10 Å². The molecule has 0 radical (unpaired) electrons. The Morgan fingerprint density at radius 1 is 1.71 bits per heavy atom. The van der Waals surface area contributed by atoms with Crippen LogP contribution in [-0.4, -0.2) is 33.1 Å². The molecular weight excluding hydrogens is 220 g/mol. The normalized spacial score (nSPS) is 35.4. The standard InChI is InChI=1S/C12H16N2O3/c1-14-7-8(6-13-14)4-12(11(15)16)5-9-2-3-10(12)17-9/h6-7,9-10H,2-5H2,1H3,(H,15,16). The smallest absolute Gasteiger partial charge is 0.312 e. The van der Waals surface area contributed by atoms with Crippen molar-refractivity contribution in [1.29, 1.82) is 0 Å². The number of nitrogens with zero attached hydrogens (tertiary/aromatic N) is 2. The Bertz CT molecular complexity index is 456. The average molecular weight is 236 g/mol. The van der Waals surface area contributed by atoms with Gasteiger partial charge in [0, 0.05) is 13.2 Å². The predicted molar refractivity (Wildman–Crippen MR) is 59.5 cm³/mol. The zero-order valence-corrected chi connectivity index (χ0v) is 9.80. The maximum atomic E-state index is 11.6. The minimum Gasteiger partial charge on any atom is -0.481 e. The summed E-state index contributed by atoms with van der Waals surface area (Å²) in [6, 6.07) is 0. The van der Waals surface area contributed by atoms with Crippen molar-refractivity contribution < 1.29 is 14.6 Å². The number of aryl methyl sites for hydroxylation is 1. The van der Waals surface area contributed by atoms with Gasteiger partial charge in [-0.2, -0.15) is 5.10 Å². The van der Waals surface area contributed by atoms with Crippen molar-refractivity contribution in [1.82, 2.24) is 9.78 Å². The van der Waals surface area contributed by atoms with Gasteiger partial charge in [-0.3, -0.25) is 9.48 Å². The molecule has 5 nitrogen and oxygen atoms in total. The number of carboxylic acid groups (broad SMARTS) is 1. The zero-order valence-electron chi connectivity index (χ0n) is 9.80. The van der Waals surface area contributed by atoms with Crippen LogP contribution in [0.1, 0.15) is 24.8 Å². The van der Waals surface area contributed by atoms with E-state index < -0.39 is 11.4 Å². The summed E-state index contributed by atoms with van der Waals surface area (Å²) in [7, 11) is 1.84. The Balaban J connectivity index is 1.89. The van der Waals surface area contributed by atoms with Crippen LogP contribution in [0.4, 0.5) is 0 Å². The summed E-state index contributed by atoms with van der Waals surface area (Å²) >= 11 is 0. The van der Waals surface area contributed by atoms with E-state index in [1.54, 1.807) is 10.9 Å². The molecule has 92 valence electrons. The van der Waals surface area contributed by atoms with Crippen molar-refractivity contribution in [3.05, 3.63) is 18.0 Å². The van der Waals surface area contributed by atoms with Gasteiger partial charge >= 0.3 is 5.97 Å². The van der Waals surface area contributed by atoms with Crippen LogP contribution in [0.15, 0.2) is 12.4 Å². The van der Waals surface area contributed by atoms with Crippen molar-refractivity contribution >= 4 is 5.97 Å². The van der Waals surface area contributed by atoms with Crippen LogP contribution in [0.5, 0.6) is 0 Å². The number of ether oxygens (including phenoxy) is 1. The summed E-state index contributed by atoms with van der Waals surface area (Å²) < 4.78 is 7.43. The second kappa shape index (κ2) is 3.57. The molecule has 0 spiro atoms. The summed E-state index contributed by atoms with van der Waals surface area (Å²) in [6.45, 7) is 0. The number of aromatic nitrogens is 2. The van der Waals surface area contributed by atoms with E-state index in [1.165, 1.54) is 0 Å². The third-order valence-corrected chi connectivity index (χ3v) is 4.02. The van der Waals surface area contributed by atoms with Gasteiger partial charge in [-0.15, -0.1) is 0 Å². The number of rotatable bonds is 3. The number of carbonyl (C=O) groups is 1. The third-order valence-electron chi connectivity index (χ3n) is 4.02. The first-order valence-electron chi connectivity index (χ1n) is 5.96. The Morgan fingerprint density at radius 3 is 3.00 bits per heavy atom. The summed E-state index contributed by atoms with van der Waals surface area (Å²) in [4.78, 5) is 11.6. The average Bonchev–Trinajstić information content (AvgIpc) is 2.94. The highest BCUT2D eigenvalue weighted by molar-refractivity contribution is 5.76. The van der Waals surface area contributed by atoms with Crippen molar-refractivity contribution in [2.24, 2.45) is 12.5 Å². The molecule has 0 amide bonds. The quantitative estimate of drug-likeness (QED) is 0.849. The van der Waals surface area contributed by atoms with Crippen molar-refractivity contribution in [2.45, 2.75) is 37.9 Å². The first kappa shape index (κ1) is 10.8. The topological polar surface area (TPSA) is 64.4 Å². The molecule has 2 aliphatic rings. The highest BCUT2D eigenvalue weighted by Gasteiger charge is 2.57. The monoisotopic (exact) mass is 236 g/mol. The third kappa shape index (κ3) is 1.57. The Kier molecular flexibility index (Phi) is 2.26. The van der Waals surface area contributed by atoms with E-state index in [0.717, 1.165) is 18.4 Å². The second-order valence-corrected chi connectivity index (χ2v) is 5.19. The van der Waals surface area contributed by atoms with Gasteiger partial charge in [0.25, 0.3) is 0 Å². The van der Waals surface area contributed by atoms with Crippen LogP contribution >= 0.6 is 0 Å². The number of hydrogen-bond donors (Lipinski definition) is 1. The Hall–Kier alpha value is -1.36. The van der Waals surface area contributed by atoms with Gasteiger partial charge in [-0.05, 0) is 31.2 Å². The van der Waals surface area contributed by atoms with Gasteiger partial charge in [0.2, 0.25) is 0 Å². The predicted octanol–water partition coefficient (Wildman–Crippen LogP) is 0.985. The van der Waals surface area contributed by atoms with Crippen LogP contribution in [0.2, 0.25) is 0 Å². The van der Waals surface area contributed by atoms with Gasteiger partial charge in [0.05, 0.1) is 18.4 Å². The number of aliphatic carboxylic acids is 1. The van der Waals surface area contributed by atoms with Gasteiger partial charge in [0.15, 0.2) is 0 Å². The summed E-state index contributed by atoms with van der Waals surface area (Å²) in [6.07, 6.45) is 6.70. The molecule has 2 aliphatic heterocycles. The lowest BCUT2D eigenvalue weighted by atomic mass is 9.70. The van der Waals surface area contributed by atoms with E-state index in [0.29, 0.717) is 12.8 Å². The van der Waals surface area contributed by atoms with Gasteiger partial charge < -0.3 is 9.84 Å². The highest BCUT2D eigenvalue weighted by atomic mass is 16.5. The van der Waals surface area contributed by atoms with Crippen LogP contribution in [-0.2, 0) is 23.0 Å². The molecule has 3 rings (SSSR count). The van der Waals surface area contributed by atoms with E-state index in [1.807, 2.05) is 13.2 Å². The fraction of sp³-hybridized carbons (Fsp3) is 0.667. The largest absolute Gasteiger partial charge is 0.481 e. The molecule has 1 aromatic rings. The summed E-state index contributed by atoms with van der Waals surface area (Å²) in [5, 5.41) is 13.6. The van der Waals surface area contributed by atoms with Crippen molar-refractivity contribution in [3.8, 4) is 0 Å². The van der Waals surface area contributed by atoms with Crippen LogP contribution in [0.25, 0.3) is 0 Å². The highest BCUT2D eigenvalue weighted by Crippen LogP contribution is 2.49. The van der Waals surface area contributed by atoms with E-state index >= 15 is 0 Å². The van der Waals surface area contributed by atoms with Gasteiger partial charge in [-0.25, -0.2) is 0 Å². The molecule has 1 N–H and O–H groups in total. The van der Waals surface area contributed by atoms with Crippen LogP contribution in [0, 0.1) is 5.41 Å². The molecule has 5 heteroatoms. The minimum atomic E-state index is -0.730. The lowest BCUT2D eigenvalue weighted by Crippen LogP contribution is -2.42. The van der Waals surface area contributed by atoms with Gasteiger partial charge in [-0.1, -0.05) is 0 Å². The van der Waals surface area contributed by atoms with E-state index in [9.17, 15) is 9.90 Å². The first-order valence-corrected chi connectivity index (χ1v) is 5.96. The molecule has 0 saturated carbocycles. The maximum Gasteiger partial charge on any atom is 0.312 e. The number of fused-ring (bicyclic) bond motifs is 2. The summed E-state index contributed by atoms with van der Waals surface area (Å²) in [5.74, 6) is -0.728. The first-order chi connectivity index (χ1) is 8.10. The van der Waals surface area contributed by atoms with Crippen LogP contribution in [0.3, 0.4) is 0 Å². The number of hydrogen-bond acceptors (Lipinski definition) is 3. The minimum absolute atomic E-state index is 0.120. The second-order valence-electron chi connectivity index (χ2n) is 5.19. The fourth-order valence-corrected chi connectivity index (χ4v) is 3.21. The molecule has 17 heavy (non-hydrogen) atoms. The lowest BCUT2D eigenvalue weighted by molar-refractivity contribution is -0.152. The molecule has 1 aromatic heterocycles. The van der Waals surface area contributed by atoms with Gasteiger partial charge in [0.1, 0.15) is 5.41 Å². The molecule has 2 saturated heterocycles. The van der Waals surface area contributed by atoms with Crippen LogP contribution < -0.4 is 0 Å². The molecule has 0 aliphatic carbocycles. The molecule has 2 bridgehead atoms. The molecule has 3 heterocycles.